The molecule has 0 aromatic heterocycles. The molecule has 1 aliphatic heterocycles. The van der Waals surface area contributed by atoms with E-state index in [1.807, 2.05) is 0 Å². The van der Waals surface area contributed by atoms with Gasteiger partial charge in [0.05, 0.1) is 5.56 Å². The van der Waals surface area contributed by atoms with Gasteiger partial charge in [-0.1, -0.05) is 6.07 Å². The molecule has 0 amide bonds. The van der Waals surface area contributed by atoms with Crippen LogP contribution in [0.2, 0.25) is 0 Å². The third kappa shape index (κ3) is 1.28. The smallest absolute Gasteiger partial charge is 0.338 e. The number of esters is 1. The Labute approximate surface area is 79.5 Å². The van der Waals surface area contributed by atoms with Gasteiger partial charge in [0.1, 0.15) is 6.61 Å². The first-order chi connectivity index (χ1) is 6.72. The van der Waals surface area contributed by atoms with E-state index in [0.717, 1.165) is 0 Å². The van der Waals surface area contributed by atoms with Crippen molar-refractivity contribution >= 4 is 12.3 Å². The number of fused-ring (bicyclic) bond motifs is 1. The lowest BCUT2D eigenvalue weighted by molar-refractivity contribution is -0.112. The summed E-state index contributed by atoms with van der Waals surface area (Å²) in [5, 5.41) is 0. The predicted molar refractivity (Wildman–Crippen MR) is 45.5 cm³/mol. The van der Waals surface area contributed by atoms with Crippen LogP contribution >= 0.6 is 0 Å². The van der Waals surface area contributed by atoms with Crippen molar-refractivity contribution in [2.45, 2.75) is 12.8 Å². The van der Waals surface area contributed by atoms with Gasteiger partial charge < -0.3 is 4.74 Å². The number of benzene rings is 1. The van der Waals surface area contributed by atoms with E-state index in [1.165, 1.54) is 18.2 Å². The number of aldehydes is 1. The second-order valence-electron chi connectivity index (χ2n) is 3.03. The van der Waals surface area contributed by atoms with Crippen molar-refractivity contribution in [3.05, 3.63) is 34.9 Å². The molecule has 1 atom stereocenters. The summed E-state index contributed by atoms with van der Waals surface area (Å²) in [5.74, 6) is -0.395. The molecule has 4 heteroatoms. The van der Waals surface area contributed by atoms with Crippen molar-refractivity contribution in [3.63, 3.8) is 0 Å². The van der Waals surface area contributed by atoms with Crippen LogP contribution in [0.4, 0.5) is 4.39 Å². The summed E-state index contributed by atoms with van der Waals surface area (Å²) in [5.41, 5.74) is 1.35. The van der Waals surface area contributed by atoms with E-state index in [2.05, 4.69) is 0 Å². The first-order valence-electron chi connectivity index (χ1n) is 4.11. The lowest BCUT2D eigenvalue weighted by atomic mass is 10.0. The number of halogens is 1. The van der Waals surface area contributed by atoms with Gasteiger partial charge in [0.25, 0.3) is 0 Å². The molecule has 0 spiro atoms. The molecule has 1 aromatic rings. The minimum absolute atomic E-state index is 0.160. The van der Waals surface area contributed by atoms with Gasteiger partial charge in [-0.2, -0.15) is 0 Å². The highest BCUT2D eigenvalue weighted by Crippen LogP contribution is 2.24. The van der Waals surface area contributed by atoms with Crippen molar-refractivity contribution in [3.8, 4) is 0 Å². The third-order valence-corrected chi connectivity index (χ3v) is 2.15. The van der Waals surface area contributed by atoms with Crippen LogP contribution < -0.4 is 0 Å². The maximum atomic E-state index is 12.9. The molecular formula is C10H7FO3. The van der Waals surface area contributed by atoms with Gasteiger partial charge in [-0.15, -0.1) is 0 Å². The minimum atomic E-state index is -1.63. The molecule has 1 aliphatic rings. The molecule has 0 unspecified atom stereocenters. The molecule has 72 valence electrons. The quantitative estimate of drug-likeness (QED) is 0.530. The number of alkyl halides is 1. The summed E-state index contributed by atoms with van der Waals surface area (Å²) < 4.78 is 17.7. The van der Waals surface area contributed by atoms with Gasteiger partial charge in [-0.05, 0) is 17.7 Å². The zero-order chi connectivity index (χ0) is 10.1. The maximum Gasteiger partial charge on any atom is 0.338 e. The van der Waals surface area contributed by atoms with E-state index in [-0.39, 0.29) is 18.5 Å². The van der Waals surface area contributed by atoms with Gasteiger partial charge in [0, 0.05) is 5.56 Å². The SMILES string of the molecule is O=C[C@@H](F)c1ccc2c(c1)COC2=O. The summed E-state index contributed by atoms with van der Waals surface area (Å²) in [6, 6.07) is 4.39. The van der Waals surface area contributed by atoms with Crippen molar-refractivity contribution < 1.29 is 18.7 Å². The fraction of sp³-hybridized carbons (Fsp3) is 0.200. The minimum Gasteiger partial charge on any atom is -0.457 e. The fourth-order valence-corrected chi connectivity index (χ4v) is 1.40. The largest absolute Gasteiger partial charge is 0.457 e. The van der Waals surface area contributed by atoms with Gasteiger partial charge >= 0.3 is 5.97 Å². The Balaban J connectivity index is 2.41. The number of cyclic esters (lactones) is 1. The lowest BCUT2D eigenvalue weighted by Gasteiger charge is -2.01. The third-order valence-electron chi connectivity index (χ3n) is 2.15. The Morgan fingerprint density at radius 2 is 2.29 bits per heavy atom. The Hall–Kier alpha value is -1.71. The van der Waals surface area contributed by atoms with Crippen LogP contribution in [0, 0.1) is 0 Å². The van der Waals surface area contributed by atoms with E-state index in [9.17, 15) is 14.0 Å². The molecule has 2 rings (SSSR count). The highest BCUT2D eigenvalue weighted by atomic mass is 19.1. The second-order valence-corrected chi connectivity index (χ2v) is 3.03. The average molecular weight is 194 g/mol. The van der Waals surface area contributed by atoms with Crippen LogP contribution in [0.15, 0.2) is 18.2 Å². The maximum absolute atomic E-state index is 12.9. The van der Waals surface area contributed by atoms with Crippen molar-refractivity contribution in [2.24, 2.45) is 0 Å². The van der Waals surface area contributed by atoms with E-state index in [0.29, 0.717) is 11.1 Å². The number of carbonyl (C=O) groups is 2. The summed E-state index contributed by atoms with van der Waals surface area (Å²) >= 11 is 0. The van der Waals surface area contributed by atoms with Crippen LogP contribution in [0.3, 0.4) is 0 Å². The van der Waals surface area contributed by atoms with E-state index >= 15 is 0 Å². The first-order valence-corrected chi connectivity index (χ1v) is 4.11. The lowest BCUT2D eigenvalue weighted by Crippen LogP contribution is -1.96. The van der Waals surface area contributed by atoms with Gasteiger partial charge in [-0.3, -0.25) is 4.79 Å². The van der Waals surface area contributed by atoms with Gasteiger partial charge in [0.2, 0.25) is 0 Å². The number of rotatable bonds is 2. The fourth-order valence-electron chi connectivity index (χ4n) is 1.40. The summed E-state index contributed by atoms with van der Waals surface area (Å²) in [7, 11) is 0. The van der Waals surface area contributed by atoms with Crippen LogP contribution in [0.1, 0.15) is 27.7 Å². The van der Waals surface area contributed by atoms with Crippen molar-refractivity contribution in [1.29, 1.82) is 0 Å². The highest BCUT2D eigenvalue weighted by Gasteiger charge is 2.22. The molecule has 0 saturated carbocycles. The molecule has 1 aromatic carbocycles. The monoisotopic (exact) mass is 194 g/mol. The summed E-state index contributed by atoms with van der Waals surface area (Å²) in [4.78, 5) is 21.2. The van der Waals surface area contributed by atoms with Crippen LogP contribution in [-0.4, -0.2) is 12.3 Å². The van der Waals surface area contributed by atoms with Gasteiger partial charge in [0.15, 0.2) is 12.5 Å². The standard InChI is InChI=1S/C10H7FO3/c11-9(4-12)6-1-2-8-7(3-6)5-14-10(8)13/h1-4,9H,5H2/t9-/m1/s1. The Bertz CT molecular complexity index is 400. The van der Waals surface area contributed by atoms with Gasteiger partial charge in [-0.25, -0.2) is 9.18 Å². The number of carbonyl (C=O) groups excluding carboxylic acids is 2. The number of hydrogen-bond donors (Lipinski definition) is 0. The van der Waals surface area contributed by atoms with Crippen LogP contribution in [0.25, 0.3) is 0 Å². The summed E-state index contributed by atoms with van der Waals surface area (Å²) in [6.07, 6.45) is -1.41. The molecule has 0 bridgehead atoms. The first kappa shape index (κ1) is 8.87. The Morgan fingerprint density at radius 1 is 1.50 bits per heavy atom. The zero-order valence-electron chi connectivity index (χ0n) is 7.20. The van der Waals surface area contributed by atoms with Crippen molar-refractivity contribution in [1.82, 2.24) is 0 Å². The Kier molecular flexibility index (Phi) is 2.04. The zero-order valence-corrected chi connectivity index (χ0v) is 7.20. The topological polar surface area (TPSA) is 43.4 Å². The molecule has 0 radical (unpaired) electrons. The molecule has 0 N–H and O–H groups in total. The second kappa shape index (κ2) is 3.21. The van der Waals surface area contributed by atoms with E-state index in [1.54, 1.807) is 0 Å². The van der Waals surface area contributed by atoms with Crippen LogP contribution in [-0.2, 0) is 16.1 Å². The molecule has 3 nitrogen and oxygen atoms in total. The molecule has 0 aliphatic carbocycles. The molecule has 0 fully saturated rings. The molecular weight excluding hydrogens is 187 g/mol. The molecule has 14 heavy (non-hydrogen) atoms. The van der Waals surface area contributed by atoms with Crippen LogP contribution in [0.5, 0.6) is 0 Å². The number of ether oxygens (including phenoxy) is 1. The summed E-state index contributed by atoms with van der Waals surface area (Å²) in [6.45, 7) is 0.160. The molecule has 1 heterocycles. The van der Waals surface area contributed by atoms with E-state index < -0.39 is 12.1 Å². The van der Waals surface area contributed by atoms with E-state index in [4.69, 9.17) is 4.74 Å². The Morgan fingerprint density at radius 3 is 3.00 bits per heavy atom. The predicted octanol–water partition coefficient (Wildman–Crippen LogP) is 1.57. The molecule has 0 saturated heterocycles. The van der Waals surface area contributed by atoms with Crippen molar-refractivity contribution in [2.75, 3.05) is 0 Å². The number of hydrogen-bond acceptors (Lipinski definition) is 3. The normalized spacial score (nSPS) is 15.9. The highest BCUT2D eigenvalue weighted by molar-refractivity contribution is 5.93. The average Bonchev–Trinajstić information content (AvgIpc) is 2.59.